The summed E-state index contributed by atoms with van der Waals surface area (Å²) in [6, 6.07) is 0. The Hall–Kier alpha value is -0.550. The summed E-state index contributed by atoms with van der Waals surface area (Å²) in [7, 11) is -4.87. The van der Waals surface area contributed by atoms with E-state index in [-0.39, 0.29) is 49.0 Å². The molecule has 0 aromatic heterocycles. The number of aliphatic hydroxyl groups is 2. The number of hydrogen-bond acceptors (Lipinski definition) is 10. The monoisotopic (exact) mass is 797 g/mol. The number of unbranched alkanes of at least 4 members (excludes halogenated alkanes) is 22. The van der Waals surface area contributed by atoms with E-state index in [0.29, 0.717) is 12.8 Å². The number of esters is 2. The molecule has 0 rings (SSSR count). The molecule has 0 heterocycles. The minimum absolute atomic E-state index is 0. The maximum Gasteiger partial charge on any atom is 0.306 e. The average Bonchev–Trinajstić information content (AvgIpc) is 3.14. The molecule has 3 atom stereocenters. The quantitative estimate of drug-likeness (QED) is 0.0202. The summed E-state index contributed by atoms with van der Waals surface area (Å²) >= 11 is 0. The molecule has 2 N–H and O–H groups in total. The number of allylic oxidation sites excluding steroid dienone is 4. The number of phosphoric ester groups is 1. The number of hydrogen-bond donors (Lipinski definition) is 2. The van der Waals surface area contributed by atoms with Crippen LogP contribution < -0.4 is 4.89 Å². The van der Waals surface area contributed by atoms with Crippen molar-refractivity contribution < 1.29 is 47.8 Å². The van der Waals surface area contributed by atoms with E-state index in [1.807, 2.05) is 0 Å². The summed E-state index contributed by atoms with van der Waals surface area (Å²) in [5.41, 5.74) is 0. The Morgan fingerprint density at radius 3 is 1.37 bits per heavy atom. The molecule has 0 aromatic rings. The SMILES string of the molecule is CCCCCCCC/C=C/CCCCCCCC(=O)OCC(COP(=O)([O-])OCC(O)CO)OC(=O)CCCCCCC/C=C/CCCCCCCC.[Na]. The number of ether oxygens (including phenoxy) is 2. The van der Waals surface area contributed by atoms with Crippen molar-refractivity contribution in [2.75, 3.05) is 26.4 Å². The third-order valence-corrected chi connectivity index (χ3v) is 10.00. The molecule has 0 saturated heterocycles. The first-order valence-electron chi connectivity index (χ1n) is 21.3. The summed E-state index contributed by atoms with van der Waals surface area (Å²) in [6.07, 6.45) is 36.9. The van der Waals surface area contributed by atoms with E-state index in [4.69, 9.17) is 19.1 Å². The molecule has 0 aliphatic heterocycles. The Morgan fingerprint density at radius 1 is 0.574 bits per heavy atom. The van der Waals surface area contributed by atoms with Crippen LogP contribution >= 0.6 is 7.82 Å². The predicted molar refractivity (Wildman–Crippen MR) is 218 cm³/mol. The average molecular weight is 797 g/mol. The third-order valence-electron chi connectivity index (χ3n) is 9.07. The van der Waals surface area contributed by atoms with E-state index in [0.717, 1.165) is 77.0 Å². The molecular weight excluding hydrogens is 718 g/mol. The topological polar surface area (TPSA) is 152 Å². The van der Waals surface area contributed by atoms with Crippen LogP contribution in [0.3, 0.4) is 0 Å². The van der Waals surface area contributed by atoms with Gasteiger partial charge in [-0.15, -0.1) is 0 Å². The van der Waals surface area contributed by atoms with Gasteiger partial charge >= 0.3 is 11.9 Å². The van der Waals surface area contributed by atoms with Crippen LogP contribution in [0.25, 0.3) is 0 Å². The van der Waals surface area contributed by atoms with E-state index in [1.54, 1.807) is 0 Å². The molecule has 0 bridgehead atoms. The molecule has 54 heavy (non-hydrogen) atoms. The van der Waals surface area contributed by atoms with Gasteiger partial charge in [0.15, 0.2) is 6.10 Å². The number of rotatable bonds is 40. The molecule has 0 amide bonds. The zero-order chi connectivity index (χ0) is 39.1. The molecule has 12 heteroatoms. The van der Waals surface area contributed by atoms with Gasteiger partial charge in [0.2, 0.25) is 0 Å². The minimum Gasteiger partial charge on any atom is -0.756 e. The third kappa shape index (κ3) is 41.1. The van der Waals surface area contributed by atoms with Crippen LogP contribution in [-0.2, 0) is 32.7 Å². The van der Waals surface area contributed by atoms with Gasteiger partial charge in [0.25, 0.3) is 7.82 Å². The summed E-state index contributed by atoms with van der Waals surface area (Å²) in [6.45, 7) is 2.17. The van der Waals surface area contributed by atoms with E-state index in [9.17, 15) is 24.2 Å². The van der Waals surface area contributed by atoms with Crippen LogP contribution in [0, 0.1) is 0 Å². The Kier molecular flexibility index (Phi) is 43.3. The van der Waals surface area contributed by atoms with Crippen LogP contribution in [0.2, 0.25) is 0 Å². The normalized spacial score (nSPS) is 13.9. The predicted octanol–water partition coefficient (Wildman–Crippen LogP) is 9.99. The van der Waals surface area contributed by atoms with Crippen LogP contribution in [0.5, 0.6) is 0 Å². The molecule has 0 spiro atoms. The Morgan fingerprint density at radius 2 is 0.944 bits per heavy atom. The molecule has 0 saturated carbocycles. The van der Waals surface area contributed by atoms with Crippen molar-refractivity contribution in [3.8, 4) is 0 Å². The van der Waals surface area contributed by atoms with E-state index in [1.165, 1.54) is 77.0 Å². The van der Waals surface area contributed by atoms with Crippen LogP contribution in [0.1, 0.15) is 194 Å². The fraction of sp³-hybridized carbons (Fsp3) is 0.857. The van der Waals surface area contributed by atoms with Gasteiger partial charge in [-0.1, -0.05) is 141 Å². The van der Waals surface area contributed by atoms with Gasteiger partial charge in [0, 0.05) is 42.4 Å². The molecule has 313 valence electrons. The van der Waals surface area contributed by atoms with Crippen LogP contribution in [-0.4, -0.2) is 90.3 Å². The van der Waals surface area contributed by atoms with Gasteiger partial charge in [-0.25, -0.2) is 0 Å². The van der Waals surface area contributed by atoms with Gasteiger partial charge in [-0.2, -0.15) is 0 Å². The molecule has 10 nitrogen and oxygen atoms in total. The molecule has 0 aliphatic rings. The molecule has 1 radical (unpaired) electrons. The molecular formula is C42H78NaO10P-. The number of carbonyl (C=O) groups excluding carboxylic acids is 2. The second-order valence-electron chi connectivity index (χ2n) is 14.3. The van der Waals surface area contributed by atoms with Crippen LogP contribution in [0.4, 0.5) is 0 Å². The zero-order valence-corrected chi connectivity index (χ0v) is 37.6. The number of carbonyl (C=O) groups is 2. The molecule has 3 unspecified atom stereocenters. The maximum atomic E-state index is 12.6. The number of phosphoric acid groups is 1. The molecule has 0 aromatic carbocycles. The Balaban J connectivity index is 0. The second-order valence-corrected chi connectivity index (χ2v) is 15.7. The zero-order valence-electron chi connectivity index (χ0n) is 34.7. The van der Waals surface area contributed by atoms with Crippen molar-refractivity contribution >= 4 is 49.3 Å². The van der Waals surface area contributed by atoms with Crippen molar-refractivity contribution in [3.63, 3.8) is 0 Å². The Labute approximate surface area is 351 Å². The maximum absolute atomic E-state index is 12.6. The van der Waals surface area contributed by atoms with Crippen molar-refractivity contribution in [2.45, 2.75) is 206 Å². The van der Waals surface area contributed by atoms with Gasteiger partial charge in [-0.3, -0.25) is 14.2 Å². The summed E-state index contributed by atoms with van der Waals surface area (Å²) in [5.74, 6) is -0.976. The van der Waals surface area contributed by atoms with Crippen molar-refractivity contribution in [3.05, 3.63) is 24.3 Å². The summed E-state index contributed by atoms with van der Waals surface area (Å²) < 4.78 is 32.3. The second kappa shape index (κ2) is 42.1. The van der Waals surface area contributed by atoms with Crippen molar-refractivity contribution in [1.82, 2.24) is 0 Å². The summed E-state index contributed by atoms with van der Waals surface area (Å²) in [4.78, 5) is 37.1. The Bertz CT molecular complexity index is 948. The standard InChI is InChI=1S/C42H79O10P.Na/c1-3-5-7-9-11-13-15-17-19-21-23-25-27-29-31-33-41(45)49-37-40(38-51-53(47,48)50-36-39(44)35-43)52-42(46)34-32-30-28-26-24-22-20-18-16-14-12-10-8-6-4-2;/h17-20,39-40,43-44H,3-16,21-38H2,1-2H3,(H,47,48);/p-1/b19-17+,20-18+;. The van der Waals surface area contributed by atoms with E-state index < -0.39 is 51.8 Å². The fourth-order valence-electron chi connectivity index (χ4n) is 5.74. The first-order valence-corrected chi connectivity index (χ1v) is 22.7. The summed E-state index contributed by atoms with van der Waals surface area (Å²) in [5, 5.41) is 18.3. The van der Waals surface area contributed by atoms with Gasteiger partial charge in [0.05, 0.1) is 19.8 Å². The minimum atomic E-state index is -4.87. The van der Waals surface area contributed by atoms with E-state index >= 15 is 0 Å². The largest absolute Gasteiger partial charge is 0.756 e. The molecule has 0 aliphatic carbocycles. The molecule has 0 fully saturated rings. The van der Waals surface area contributed by atoms with Gasteiger partial charge in [0.1, 0.15) is 12.7 Å². The first kappa shape index (κ1) is 55.5. The van der Waals surface area contributed by atoms with Gasteiger partial charge < -0.3 is 33.6 Å². The smallest absolute Gasteiger partial charge is 0.306 e. The number of aliphatic hydroxyl groups excluding tert-OH is 2. The van der Waals surface area contributed by atoms with Crippen LogP contribution in [0.15, 0.2) is 24.3 Å². The van der Waals surface area contributed by atoms with Crippen molar-refractivity contribution in [2.24, 2.45) is 0 Å². The van der Waals surface area contributed by atoms with Crippen molar-refractivity contribution in [1.29, 1.82) is 0 Å². The van der Waals surface area contributed by atoms with Gasteiger partial charge in [-0.05, 0) is 64.2 Å². The first-order chi connectivity index (χ1) is 25.7. The van der Waals surface area contributed by atoms with E-state index in [2.05, 4.69) is 42.7 Å². The fourth-order valence-corrected chi connectivity index (χ4v) is 6.52.